The highest BCUT2D eigenvalue weighted by atomic mass is 19.3. The van der Waals surface area contributed by atoms with E-state index in [4.69, 9.17) is 0 Å². The lowest BCUT2D eigenvalue weighted by Gasteiger charge is -2.10. The van der Waals surface area contributed by atoms with Gasteiger partial charge in [-0.25, -0.2) is 8.78 Å². The molecule has 26 heavy (non-hydrogen) atoms. The van der Waals surface area contributed by atoms with Gasteiger partial charge < -0.3 is 10.6 Å². The van der Waals surface area contributed by atoms with Crippen LogP contribution in [0.4, 0.5) is 31.7 Å². The molecule has 0 spiro atoms. The van der Waals surface area contributed by atoms with Crippen LogP contribution in [0.15, 0.2) is 66.7 Å². The molecular formula is C18H14F2N6. The van der Waals surface area contributed by atoms with Crippen LogP contribution >= 0.6 is 0 Å². The Morgan fingerprint density at radius 1 is 0.769 bits per heavy atom. The van der Waals surface area contributed by atoms with Crippen LogP contribution in [0.2, 0.25) is 0 Å². The molecular weight excluding hydrogens is 338 g/mol. The van der Waals surface area contributed by atoms with Gasteiger partial charge >= 0.3 is 0 Å². The summed E-state index contributed by atoms with van der Waals surface area (Å²) in [6.07, 6.45) is -2.74. The average molecular weight is 352 g/mol. The van der Waals surface area contributed by atoms with Crippen molar-refractivity contribution in [2.75, 3.05) is 10.6 Å². The first kappa shape index (κ1) is 15.9. The normalized spacial score (nSPS) is 11.0. The molecule has 2 aromatic carbocycles. The fourth-order valence-corrected chi connectivity index (χ4v) is 2.52. The number of anilines is 4. The maximum Gasteiger partial charge on any atom is 0.299 e. The number of aromatic nitrogens is 4. The standard InChI is InChI=1S/C18H14F2N6/c19-17(20)18-24-23-16-10-9-15(25-26(16)18)22-14-8-4-7-13(11-14)21-12-5-2-1-3-6-12/h1-11,17,21H,(H,22,25). The molecule has 2 heterocycles. The smallest absolute Gasteiger partial charge is 0.299 e. The van der Waals surface area contributed by atoms with Crippen molar-refractivity contribution in [1.29, 1.82) is 0 Å². The molecule has 0 atom stereocenters. The third-order valence-corrected chi connectivity index (χ3v) is 3.68. The summed E-state index contributed by atoms with van der Waals surface area (Å²) in [6, 6.07) is 20.6. The predicted molar refractivity (Wildman–Crippen MR) is 95.2 cm³/mol. The molecule has 0 amide bonds. The summed E-state index contributed by atoms with van der Waals surface area (Å²) < 4.78 is 27.0. The highest BCUT2D eigenvalue weighted by Gasteiger charge is 2.17. The Morgan fingerprint density at radius 3 is 2.27 bits per heavy atom. The minimum atomic E-state index is -2.74. The topological polar surface area (TPSA) is 67.1 Å². The van der Waals surface area contributed by atoms with Gasteiger partial charge in [-0.05, 0) is 42.5 Å². The Bertz CT molecular complexity index is 1030. The van der Waals surface area contributed by atoms with Crippen molar-refractivity contribution >= 4 is 28.5 Å². The number of benzene rings is 2. The van der Waals surface area contributed by atoms with Crippen LogP contribution in [0.5, 0.6) is 0 Å². The summed E-state index contributed by atoms with van der Waals surface area (Å²) in [5.74, 6) is -0.0702. The highest BCUT2D eigenvalue weighted by Crippen LogP contribution is 2.23. The first-order valence-electron chi connectivity index (χ1n) is 7.89. The van der Waals surface area contributed by atoms with Crippen molar-refractivity contribution < 1.29 is 8.78 Å². The molecule has 0 radical (unpaired) electrons. The second-order valence-electron chi connectivity index (χ2n) is 5.54. The molecule has 0 aliphatic rings. The van der Waals surface area contributed by atoms with Crippen LogP contribution < -0.4 is 10.6 Å². The van der Waals surface area contributed by atoms with Crippen LogP contribution in [-0.2, 0) is 0 Å². The van der Waals surface area contributed by atoms with E-state index < -0.39 is 12.2 Å². The van der Waals surface area contributed by atoms with E-state index in [0.717, 1.165) is 21.6 Å². The molecule has 0 aliphatic heterocycles. The molecule has 0 fully saturated rings. The first-order chi connectivity index (χ1) is 12.7. The van der Waals surface area contributed by atoms with Gasteiger partial charge in [0.25, 0.3) is 6.43 Å². The van der Waals surface area contributed by atoms with E-state index >= 15 is 0 Å². The van der Waals surface area contributed by atoms with Crippen molar-refractivity contribution in [3.8, 4) is 0 Å². The lowest BCUT2D eigenvalue weighted by molar-refractivity contribution is 0.137. The number of hydrogen-bond acceptors (Lipinski definition) is 5. The van der Waals surface area contributed by atoms with Crippen LogP contribution in [0.3, 0.4) is 0 Å². The summed E-state index contributed by atoms with van der Waals surface area (Å²) in [5.41, 5.74) is 2.89. The van der Waals surface area contributed by atoms with E-state index in [2.05, 4.69) is 25.9 Å². The largest absolute Gasteiger partial charge is 0.355 e. The highest BCUT2D eigenvalue weighted by molar-refractivity contribution is 5.67. The van der Waals surface area contributed by atoms with E-state index in [9.17, 15) is 8.78 Å². The number of fused-ring (bicyclic) bond motifs is 1. The molecule has 0 saturated heterocycles. The van der Waals surface area contributed by atoms with Gasteiger partial charge in [0, 0.05) is 17.1 Å². The Labute approximate surface area is 147 Å². The number of nitrogens with zero attached hydrogens (tertiary/aromatic N) is 4. The van der Waals surface area contributed by atoms with Gasteiger partial charge in [-0.2, -0.15) is 4.52 Å². The Balaban J connectivity index is 1.58. The van der Waals surface area contributed by atoms with E-state index in [1.807, 2.05) is 54.6 Å². The zero-order valence-electron chi connectivity index (χ0n) is 13.5. The van der Waals surface area contributed by atoms with Crippen LogP contribution in [0, 0.1) is 0 Å². The molecule has 0 bridgehead atoms. The Morgan fingerprint density at radius 2 is 1.50 bits per heavy atom. The average Bonchev–Trinajstić information content (AvgIpc) is 3.06. The summed E-state index contributed by atoms with van der Waals surface area (Å²) in [4.78, 5) is 0. The van der Waals surface area contributed by atoms with Gasteiger partial charge in [-0.1, -0.05) is 24.3 Å². The zero-order chi connectivity index (χ0) is 17.9. The van der Waals surface area contributed by atoms with E-state index in [1.54, 1.807) is 12.1 Å². The lowest BCUT2D eigenvalue weighted by Crippen LogP contribution is -2.03. The number of rotatable bonds is 5. The quantitative estimate of drug-likeness (QED) is 0.552. The fourth-order valence-electron chi connectivity index (χ4n) is 2.52. The van der Waals surface area contributed by atoms with Gasteiger partial charge in [0.1, 0.15) is 0 Å². The lowest BCUT2D eigenvalue weighted by atomic mass is 10.2. The molecule has 4 aromatic rings. The molecule has 6 nitrogen and oxygen atoms in total. The predicted octanol–water partition coefficient (Wildman–Crippen LogP) is 4.55. The van der Waals surface area contributed by atoms with Crippen molar-refractivity contribution in [2.45, 2.75) is 6.43 Å². The minimum absolute atomic E-state index is 0.269. The van der Waals surface area contributed by atoms with Crippen LogP contribution in [-0.4, -0.2) is 19.8 Å². The van der Waals surface area contributed by atoms with Gasteiger partial charge in [-0.3, -0.25) is 0 Å². The van der Waals surface area contributed by atoms with Crippen LogP contribution in [0.1, 0.15) is 12.2 Å². The summed E-state index contributed by atoms with van der Waals surface area (Å²) in [6.45, 7) is 0. The molecule has 2 N–H and O–H groups in total. The molecule has 2 aromatic heterocycles. The molecule has 8 heteroatoms. The van der Waals surface area contributed by atoms with E-state index in [1.165, 1.54) is 0 Å². The fraction of sp³-hybridized carbons (Fsp3) is 0.0556. The maximum atomic E-state index is 13.0. The number of para-hydroxylation sites is 1. The monoisotopic (exact) mass is 352 g/mol. The summed E-state index contributed by atoms with van der Waals surface area (Å²) in [7, 11) is 0. The molecule has 130 valence electrons. The molecule has 0 unspecified atom stereocenters. The summed E-state index contributed by atoms with van der Waals surface area (Å²) in [5, 5.41) is 17.7. The van der Waals surface area contributed by atoms with Crippen molar-refractivity contribution in [3.63, 3.8) is 0 Å². The third kappa shape index (κ3) is 3.30. The van der Waals surface area contributed by atoms with Crippen LogP contribution in [0.25, 0.3) is 5.65 Å². The SMILES string of the molecule is FC(F)c1nnc2ccc(Nc3cccc(Nc4ccccc4)c3)nn12. The van der Waals surface area contributed by atoms with Crippen molar-refractivity contribution in [3.05, 3.63) is 72.6 Å². The van der Waals surface area contributed by atoms with E-state index in [-0.39, 0.29) is 5.65 Å². The van der Waals surface area contributed by atoms with E-state index in [0.29, 0.717) is 5.82 Å². The number of hydrogen-bond donors (Lipinski definition) is 2. The van der Waals surface area contributed by atoms with Crippen molar-refractivity contribution in [2.24, 2.45) is 0 Å². The second kappa shape index (κ2) is 6.75. The number of alkyl halides is 2. The Kier molecular flexibility index (Phi) is 4.14. The molecule has 0 saturated carbocycles. The zero-order valence-corrected chi connectivity index (χ0v) is 13.5. The molecule has 4 rings (SSSR count). The maximum absolute atomic E-state index is 13.0. The Hall–Kier alpha value is -3.55. The van der Waals surface area contributed by atoms with Crippen molar-refractivity contribution in [1.82, 2.24) is 19.8 Å². The van der Waals surface area contributed by atoms with Gasteiger partial charge in [0.15, 0.2) is 11.5 Å². The number of nitrogens with one attached hydrogen (secondary N) is 2. The first-order valence-corrected chi connectivity index (χ1v) is 7.89. The summed E-state index contributed by atoms with van der Waals surface area (Å²) >= 11 is 0. The third-order valence-electron chi connectivity index (χ3n) is 3.68. The second-order valence-corrected chi connectivity index (χ2v) is 5.54. The van der Waals surface area contributed by atoms with Gasteiger partial charge in [0.2, 0.25) is 5.82 Å². The number of halogens is 2. The van der Waals surface area contributed by atoms with Gasteiger partial charge in [-0.15, -0.1) is 15.3 Å². The minimum Gasteiger partial charge on any atom is -0.355 e. The van der Waals surface area contributed by atoms with Gasteiger partial charge in [0.05, 0.1) is 0 Å². The molecule has 0 aliphatic carbocycles.